The van der Waals surface area contributed by atoms with Crippen LogP contribution in [0.3, 0.4) is 0 Å². The molecule has 0 heterocycles. The van der Waals surface area contributed by atoms with Crippen LogP contribution in [0.25, 0.3) is 0 Å². The number of carbonyl (C=O) groups excluding carboxylic acids is 1. The molecule has 4 saturated carbocycles. The Balaban J connectivity index is 1.84. The lowest BCUT2D eigenvalue weighted by Crippen LogP contribution is -2.48. The van der Waals surface area contributed by atoms with Gasteiger partial charge in [-0.15, -0.1) is 0 Å². The second kappa shape index (κ2) is 4.84. The molecule has 0 radical (unpaired) electrons. The molecule has 5 rings (SSSR count). The molecule has 0 atom stereocenters. The molecule has 3 heteroatoms. The van der Waals surface area contributed by atoms with E-state index in [4.69, 9.17) is 4.74 Å². The normalized spacial score (nSPS) is 36.8. The number of ether oxygens (including phenoxy) is 1. The van der Waals surface area contributed by atoms with Crippen LogP contribution in [0, 0.1) is 17.8 Å². The average Bonchev–Trinajstić information content (AvgIpc) is 2.45. The third-order valence-corrected chi connectivity index (χ3v) is 6.74. The molecule has 4 aliphatic carbocycles. The van der Waals surface area contributed by atoms with Crippen molar-refractivity contribution >= 4 is 22.2 Å². The minimum absolute atomic E-state index is 0.262. The molecule has 21 heavy (non-hydrogen) atoms. The van der Waals surface area contributed by atoms with Crippen molar-refractivity contribution in [3.05, 3.63) is 27.7 Å². The Labute approximate surface area is 134 Å². The smallest absolute Gasteiger partial charge is 0.151 e. The number of benzene rings is 1. The lowest BCUT2D eigenvalue weighted by Gasteiger charge is -2.57. The van der Waals surface area contributed by atoms with Crippen LogP contribution in [0.1, 0.15) is 54.4 Å². The minimum Gasteiger partial charge on any atom is -0.496 e. The van der Waals surface area contributed by atoms with Crippen LogP contribution in [-0.2, 0) is 5.41 Å². The second-order valence-corrected chi connectivity index (χ2v) is 8.24. The van der Waals surface area contributed by atoms with Crippen molar-refractivity contribution in [1.82, 2.24) is 0 Å². The number of hydrogen-bond acceptors (Lipinski definition) is 2. The van der Waals surface area contributed by atoms with Gasteiger partial charge >= 0.3 is 0 Å². The van der Waals surface area contributed by atoms with Gasteiger partial charge in [-0.05, 0) is 89.8 Å². The zero-order valence-electron chi connectivity index (χ0n) is 12.4. The monoisotopic (exact) mass is 348 g/mol. The van der Waals surface area contributed by atoms with Gasteiger partial charge in [0.2, 0.25) is 0 Å². The highest BCUT2D eigenvalue weighted by atomic mass is 79.9. The fourth-order valence-electron chi connectivity index (χ4n) is 5.69. The van der Waals surface area contributed by atoms with Crippen LogP contribution >= 0.6 is 15.9 Å². The molecule has 0 unspecified atom stereocenters. The highest BCUT2D eigenvalue weighted by molar-refractivity contribution is 9.10. The molecule has 0 aliphatic heterocycles. The maximum absolute atomic E-state index is 11.3. The first-order valence-electron chi connectivity index (χ1n) is 7.97. The van der Waals surface area contributed by atoms with Crippen molar-refractivity contribution < 1.29 is 9.53 Å². The molecular formula is C18H21BrO2. The summed E-state index contributed by atoms with van der Waals surface area (Å²) in [6, 6.07) is 4.07. The second-order valence-electron chi connectivity index (χ2n) is 7.39. The average molecular weight is 349 g/mol. The van der Waals surface area contributed by atoms with Gasteiger partial charge in [0.1, 0.15) is 5.75 Å². The SMILES string of the molecule is COc1cc(Br)c(C=O)cc1C12CC3CC(CC(C3)C1)C2. The first-order chi connectivity index (χ1) is 10.1. The third kappa shape index (κ3) is 2.08. The van der Waals surface area contributed by atoms with E-state index in [2.05, 4.69) is 22.0 Å². The molecule has 0 saturated heterocycles. The fourth-order valence-corrected chi connectivity index (χ4v) is 6.10. The number of halogens is 1. The van der Waals surface area contributed by atoms with Crippen molar-refractivity contribution in [3.8, 4) is 5.75 Å². The van der Waals surface area contributed by atoms with Crippen molar-refractivity contribution in [2.24, 2.45) is 17.8 Å². The fraction of sp³-hybridized carbons (Fsp3) is 0.611. The molecule has 1 aromatic rings. The van der Waals surface area contributed by atoms with E-state index < -0.39 is 0 Å². The predicted octanol–water partition coefficient (Wildman–Crippen LogP) is 4.74. The van der Waals surface area contributed by atoms with Gasteiger partial charge in [-0.25, -0.2) is 0 Å². The summed E-state index contributed by atoms with van der Waals surface area (Å²) in [6.45, 7) is 0. The molecule has 0 amide bonds. The van der Waals surface area contributed by atoms with E-state index in [1.165, 1.54) is 44.1 Å². The van der Waals surface area contributed by atoms with E-state index in [1.807, 2.05) is 6.07 Å². The Hall–Kier alpha value is -0.830. The lowest BCUT2D eigenvalue weighted by molar-refractivity contribution is -0.00617. The molecular weight excluding hydrogens is 328 g/mol. The van der Waals surface area contributed by atoms with Crippen LogP contribution < -0.4 is 4.74 Å². The molecule has 4 fully saturated rings. The number of aldehydes is 1. The van der Waals surface area contributed by atoms with Crippen molar-refractivity contribution in [2.75, 3.05) is 7.11 Å². The van der Waals surface area contributed by atoms with Crippen LogP contribution in [0.4, 0.5) is 0 Å². The van der Waals surface area contributed by atoms with Gasteiger partial charge < -0.3 is 4.74 Å². The first kappa shape index (κ1) is 13.8. The summed E-state index contributed by atoms with van der Waals surface area (Å²) in [5, 5.41) is 0. The van der Waals surface area contributed by atoms with E-state index in [1.54, 1.807) is 7.11 Å². The van der Waals surface area contributed by atoms with Gasteiger partial charge in [0, 0.05) is 15.6 Å². The number of methoxy groups -OCH3 is 1. The van der Waals surface area contributed by atoms with Crippen molar-refractivity contribution in [1.29, 1.82) is 0 Å². The van der Waals surface area contributed by atoms with Crippen LogP contribution in [0.5, 0.6) is 5.75 Å². The predicted molar refractivity (Wildman–Crippen MR) is 85.9 cm³/mol. The quantitative estimate of drug-likeness (QED) is 0.737. The molecule has 112 valence electrons. The van der Waals surface area contributed by atoms with E-state index >= 15 is 0 Å². The van der Waals surface area contributed by atoms with E-state index in [0.29, 0.717) is 0 Å². The lowest BCUT2D eigenvalue weighted by atomic mass is 9.48. The summed E-state index contributed by atoms with van der Waals surface area (Å²) in [5.41, 5.74) is 2.30. The van der Waals surface area contributed by atoms with Gasteiger partial charge in [0.15, 0.2) is 6.29 Å². The Bertz CT molecular complexity index is 558. The van der Waals surface area contributed by atoms with Crippen molar-refractivity contribution in [3.63, 3.8) is 0 Å². The van der Waals surface area contributed by atoms with E-state index in [-0.39, 0.29) is 5.41 Å². The highest BCUT2D eigenvalue weighted by Gasteiger charge is 2.52. The summed E-state index contributed by atoms with van der Waals surface area (Å²) >= 11 is 3.48. The standard InChI is InChI=1S/C18H21BrO2/c1-21-17-6-16(19)14(10-20)5-15(17)18-7-11-2-12(8-18)4-13(3-11)9-18/h5-6,10-13H,2-4,7-9H2,1H3. The van der Waals surface area contributed by atoms with Crippen LogP contribution in [0.15, 0.2) is 16.6 Å². The summed E-state index contributed by atoms with van der Waals surface area (Å²) in [4.78, 5) is 11.3. The van der Waals surface area contributed by atoms with Crippen LogP contribution in [-0.4, -0.2) is 13.4 Å². The third-order valence-electron chi connectivity index (χ3n) is 6.06. The molecule has 4 bridgehead atoms. The van der Waals surface area contributed by atoms with Crippen LogP contribution in [0.2, 0.25) is 0 Å². The number of rotatable bonds is 3. The Morgan fingerprint density at radius 2 is 1.71 bits per heavy atom. The molecule has 1 aromatic carbocycles. The van der Waals surface area contributed by atoms with Gasteiger partial charge in [-0.1, -0.05) is 0 Å². The summed E-state index contributed by atoms with van der Waals surface area (Å²) in [6.07, 6.45) is 9.10. The first-order valence-corrected chi connectivity index (χ1v) is 8.76. The van der Waals surface area contributed by atoms with Gasteiger partial charge in [-0.3, -0.25) is 4.79 Å². The molecule has 4 aliphatic rings. The Kier molecular flexibility index (Phi) is 3.18. The molecule has 0 aromatic heterocycles. The molecule has 0 N–H and O–H groups in total. The van der Waals surface area contributed by atoms with Gasteiger partial charge in [-0.2, -0.15) is 0 Å². The van der Waals surface area contributed by atoms with Gasteiger partial charge in [0.05, 0.1) is 7.11 Å². The van der Waals surface area contributed by atoms with E-state index in [9.17, 15) is 4.79 Å². The Morgan fingerprint density at radius 1 is 1.14 bits per heavy atom. The number of hydrogen-bond donors (Lipinski definition) is 0. The van der Waals surface area contributed by atoms with E-state index in [0.717, 1.165) is 39.8 Å². The van der Waals surface area contributed by atoms with Crippen molar-refractivity contribution in [2.45, 2.75) is 43.9 Å². The largest absolute Gasteiger partial charge is 0.496 e. The minimum atomic E-state index is 0.262. The Morgan fingerprint density at radius 3 is 2.19 bits per heavy atom. The molecule has 2 nitrogen and oxygen atoms in total. The topological polar surface area (TPSA) is 26.3 Å². The highest BCUT2D eigenvalue weighted by Crippen LogP contribution is 2.62. The summed E-state index contributed by atoms with van der Waals surface area (Å²) < 4.78 is 6.51. The number of carbonyl (C=O) groups is 1. The summed E-state index contributed by atoms with van der Waals surface area (Å²) in [5.74, 6) is 3.63. The maximum atomic E-state index is 11.3. The molecule has 0 spiro atoms. The zero-order valence-corrected chi connectivity index (χ0v) is 14.0. The van der Waals surface area contributed by atoms with Gasteiger partial charge in [0.25, 0.3) is 0 Å². The maximum Gasteiger partial charge on any atom is 0.151 e. The summed E-state index contributed by atoms with van der Waals surface area (Å²) in [7, 11) is 1.74. The zero-order chi connectivity index (χ0) is 14.6.